The van der Waals surface area contributed by atoms with Gasteiger partial charge < -0.3 is 15.4 Å². The molecule has 4 rings (SSSR count). The fourth-order valence-corrected chi connectivity index (χ4v) is 3.02. The first-order valence-electron chi connectivity index (χ1n) is 8.07. The first-order valence-corrected chi connectivity index (χ1v) is 8.07. The largest absolute Gasteiger partial charge is 0.508 e. The first-order chi connectivity index (χ1) is 12.1. The summed E-state index contributed by atoms with van der Waals surface area (Å²) in [6, 6.07) is 15.4. The summed E-state index contributed by atoms with van der Waals surface area (Å²) >= 11 is 0. The second-order valence-corrected chi connectivity index (χ2v) is 6.22. The van der Waals surface area contributed by atoms with Crippen LogP contribution in [-0.2, 0) is 0 Å². The van der Waals surface area contributed by atoms with E-state index in [1.165, 1.54) is 11.1 Å². The van der Waals surface area contributed by atoms with E-state index in [4.69, 9.17) is 0 Å². The van der Waals surface area contributed by atoms with Crippen molar-refractivity contribution in [2.75, 3.05) is 5.32 Å². The molecular weight excluding hydrogens is 312 g/mol. The summed E-state index contributed by atoms with van der Waals surface area (Å²) in [5.74, 6) is 1.01. The van der Waals surface area contributed by atoms with Crippen molar-refractivity contribution in [2.45, 2.75) is 13.8 Å². The van der Waals surface area contributed by atoms with Gasteiger partial charge in [-0.05, 0) is 73.0 Å². The van der Waals surface area contributed by atoms with Gasteiger partial charge in [0.05, 0.1) is 5.39 Å². The Balaban J connectivity index is 1.76. The summed E-state index contributed by atoms with van der Waals surface area (Å²) in [6.45, 7) is 4.15. The zero-order valence-electron chi connectivity index (χ0n) is 14.0. The van der Waals surface area contributed by atoms with Gasteiger partial charge in [-0.25, -0.2) is 9.97 Å². The Bertz CT molecular complexity index is 1030. The molecule has 2 heterocycles. The molecule has 0 saturated carbocycles. The summed E-state index contributed by atoms with van der Waals surface area (Å²) < 4.78 is 0. The van der Waals surface area contributed by atoms with Gasteiger partial charge in [-0.2, -0.15) is 0 Å². The minimum absolute atomic E-state index is 0.247. The van der Waals surface area contributed by atoms with Crippen molar-refractivity contribution in [1.29, 1.82) is 0 Å². The predicted octanol–water partition coefficient (Wildman–Crippen LogP) is 4.69. The molecule has 0 bridgehead atoms. The number of H-pyrrole nitrogens is 1. The van der Waals surface area contributed by atoms with E-state index in [1.807, 2.05) is 18.2 Å². The number of fused-ring (bicyclic) bond motifs is 1. The molecule has 0 radical (unpaired) electrons. The lowest BCUT2D eigenvalue weighted by Crippen LogP contribution is -1.96. The van der Waals surface area contributed by atoms with Gasteiger partial charge in [-0.1, -0.05) is 6.07 Å². The topological polar surface area (TPSA) is 73.8 Å². The van der Waals surface area contributed by atoms with Gasteiger partial charge in [0.2, 0.25) is 0 Å². The second kappa shape index (κ2) is 5.94. The van der Waals surface area contributed by atoms with Crippen LogP contribution in [0.3, 0.4) is 0 Å². The van der Waals surface area contributed by atoms with Crippen LogP contribution in [0.1, 0.15) is 11.1 Å². The Hall–Kier alpha value is -3.34. The Labute approximate surface area is 145 Å². The SMILES string of the molecule is Cc1cc(C)cc(Nc2ncnc3[nH]c(-c4ccc(O)cc4)cc23)c1. The van der Waals surface area contributed by atoms with E-state index >= 15 is 0 Å². The van der Waals surface area contributed by atoms with Gasteiger partial charge in [-0.15, -0.1) is 0 Å². The third-order valence-corrected chi connectivity index (χ3v) is 4.09. The molecule has 0 unspecified atom stereocenters. The number of nitrogens with one attached hydrogen (secondary N) is 2. The van der Waals surface area contributed by atoms with Crippen LogP contribution in [0, 0.1) is 13.8 Å². The fourth-order valence-electron chi connectivity index (χ4n) is 3.02. The summed E-state index contributed by atoms with van der Waals surface area (Å²) in [5.41, 5.74) is 6.08. The van der Waals surface area contributed by atoms with Gasteiger partial charge in [0.25, 0.3) is 0 Å². The number of aromatic nitrogens is 3. The maximum Gasteiger partial charge on any atom is 0.143 e. The van der Waals surface area contributed by atoms with Gasteiger partial charge in [0, 0.05) is 11.4 Å². The molecule has 5 heteroatoms. The molecule has 0 atom stereocenters. The fraction of sp³-hybridized carbons (Fsp3) is 0.100. The van der Waals surface area contributed by atoms with Crippen molar-refractivity contribution in [1.82, 2.24) is 15.0 Å². The van der Waals surface area contributed by atoms with Crippen molar-refractivity contribution >= 4 is 22.5 Å². The number of nitrogens with zero attached hydrogens (tertiary/aromatic N) is 2. The molecule has 0 saturated heterocycles. The normalized spacial score (nSPS) is 11.0. The Morgan fingerprint density at radius 1 is 0.920 bits per heavy atom. The number of benzene rings is 2. The zero-order chi connectivity index (χ0) is 17.4. The molecule has 0 fully saturated rings. The van der Waals surface area contributed by atoms with E-state index in [9.17, 15) is 5.11 Å². The lowest BCUT2D eigenvalue weighted by Gasteiger charge is -2.08. The van der Waals surface area contributed by atoms with Crippen LogP contribution in [0.5, 0.6) is 5.75 Å². The third kappa shape index (κ3) is 3.04. The summed E-state index contributed by atoms with van der Waals surface area (Å²) in [5, 5.41) is 13.8. The van der Waals surface area contributed by atoms with Crippen molar-refractivity contribution in [3.63, 3.8) is 0 Å². The van der Waals surface area contributed by atoms with Crippen LogP contribution in [0.15, 0.2) is 54.9 Å². The molecule has 0 amide bonds. The summed E-state index contributed by atoms with van der Waals surface area (Å²) in [4.78, 5) is 12.0. The minimum Gasteiger partial charge on any atom is -0.508 e. The predicted molar refractivity (Wildman–Crippen MR) is 100 cm³/mol. The van der Waals surface area contributed by atoms with Gasteiger partial charge in [0.1, 0.15) is 23.5 Å². The number of rotatable bonds is 3. The van der Waals surface area contributed by atoms with Crippen molar-refractivity contribution in [3.8, 4) is 17.0 Å². The molecule has 0 aliphatic carbocycles. The average Bonchev–Trinajstić information content (AvgIpc) is 3.00. The Kier molecular flexibility index (Phi) is 3.61. The molecule has 0 spiro atoms. The standard InChI is InChI=1S/C20H18N4O/c1-12-7-13(2)9-15(8-12)23-19-17-10-18(24-20(17)22-11-21-19)14-3-5-16(25)6-4-14/h3-11,25H,1-2H3,(H2,21,22,23,24). The van der Waals surface area contributed by atoms with E-state index in [-0.39, 0.29) is 5.75 Å². The number of aromatic amines is 1. The maximum absolute atomic E-state index is 9.45. The smallest absolute Gasteiger partial charge is 0.143 e. The molecule has 25 heavy (non-hydrogen) atoms. The molecule has 4 aromatic rings. The van der Waals surface area contributed by atoms with E-state index in [0.29, 0.717) is 0 Å². The number of hydrogen-bond donors (Lipinski definition) is 3. The molecule has 0 aliphatic heterocycles. The van der Waals surface area contributed by atoms with Crippen LogP contribution in [0.4, 0.5) is 11.5 Å². The molecule has 3 N–H and O–H groups in total. The highest BCUT2D eigenvalue weighted by Gasteiger charge is 2.10. The zero-order valence-corrected chi connectivity index (χ0v) is 14.0. The third-order valence-electron chi connectivity index (χ3n) is 4.09. The molecule has 124 valence electrons. The Morgan fingerprint density at radius 3 is 2.36 bits per heavy atom. The van der Waals surface area contributed by atoms with Crippen LogP contribution in [0.25, 0.3) is 22.3 Å². The van der Waals surface area contributed by atoms with E-state index < -0.39 is 0 Å². The monoisotopic (exact) mass is 330 g/mol. The summed E-state index contributed by atoms with van der Waals surface area (Å²) in [6.07, 6.45) is 1.55. The number of aryl methyl sites for hydroxylation is 2. The van der Waals surface area contributed by atoms with Gasteiger partial charge >= 0.3 is 0 Å². The van der Waals surface area contributed by atoms with E-state index in [0.717, 1.165) is 33.8 Å². The molecule has 2 aromatic carbocycles. The van der Waals surface area contributed by atoms with Crippen LogP contribution >= 0.6 is 0 Å². The van der Waals surface area contributed by atoms with E-state index in [1.54, 1.807) is 18.5 Å². The van der Waals surface area contributed by atoms with Crippen molar-refractivity contribution < 1.29 is 5.11 Å². The highest BCUT2D eigenvalue weighted by molar-refractivity contribution is 5.93. The Morgan fingerprint density at radius 2 is 1.64 bits per heavy atom. The summed E-state index contributed by atoms with van der Waals surface area (Å²) in [7, 11) is 0. The number of phenolic OH excluding ortho intramolecular Hbond substituents is 1. The quantitative estimate of drug-likeness (QED) is 0.509. The average molecular weight is 330 g/mol. The van der Waals surface area contributed by atoms with Gasteiger partial charge in [0.15, 0.2) is 0 Å². The molecular formula is C20H18N4O. The van der Waals surface area contributed by atoms with Crippen molar-refractivity contribution in [3.05, 3.63) is 66.0 Å². The number of anilines is 2. The molecule has 5 nitrogen and oxygen atoms in total. The van der Waals surface area contributed by atoms with Crippen LogP contribution in [0.2, 0.25) is 0 Å². The number of hydrogen-bond acceptors (Lipinski definition) is 4. The molecule has 0 aliphatic rings. The number of phenols is 1. The van der Waals surface area contributed by atoms with Gasteiger partial charge in [-0.3, -0.25) is 0 Å². The lowest BCUT2D eigenvalue weighted by atomic mass is 10.1. The van der Waals surface area contributed by atoms with Crippen LogP contribution < -0.4 is 5.32 Å². The van der Waals surface area contributed by atoms with Crippen LogP contribution in [-0.4, -0.2) is 20.1 Å². The first kappa shape index (κ1) is 15.2. The maximum atomic E-state index is 9.45. The highest BCUT2D eigenvalue weighted by Crippen LogP contribution is 2.29. The number of aromatic hydroxyl groups is 1. The highest BCUT2D eigenvalue weighted by atomic mass is 16.3. The minimum atomic E-state index is 0.247. The van der Waals surface area contributed by atoms with E-state index in [2.05, 4.69) is 52.3 Å². The lowest BCUT2D eigenvalue weighted by molar-refractivity contribution is 0.475. The van der Waals surface area contributed by atoms with Crippen molar-refractivity contribution in [2.24, 2.45) is 0 Å². The second-order valence-electron chi connectivity index (χ2n) is 6.22. The molecule has 2 aromatic heterocycles.